The van der Waals surface area contributed by atoms with E-state index in [4.69, 9.17) is 4.42 Å². The molecule has 0 unspecified atom stereocenters. The fourth-order valence-electron chi connectivity index (χ4n) is 3.88. The van der Waals surface area contributed by atoms with Crippen molar-refractivity contribution < 1.29 is 13.8 Å². The van der Waals surface area contributed by atoms with Gasteiger partial charge in [-0.05, 0) is 31.2 Å². The standard InChI is InChI=1S/C26H24NO3P/c1-20-11-9-12-21(19-20)25(28)27(2)26(24-17-10-18-30-24)31(29,22-13-5-3-6-14-22)23-15-7-4-8-16-23/h3-19,26H,1-2H3/t26-/m0/s1. The Morgan fingerprint density at radius 3 is 1.97 bits per heavy atom. The number of carbonyl (C=O) groups is 1. The molecule has 0 saturated heterocycles. The van der Waals surface area contributed by atoms with Crippen LogP contribution in [-0.4, -0.2) is 17.9 Å². The number of amides is 1. The lowest BCUT2D eigenvalue weighted by atomic mass is 10.1. The van der Waals surface area contributed by atoms with E-state index in [0.29, 0.717) is 21.9 Å². The van der Waals surface area contributed by atoms with Crippen molar-refractivity contribution in [3.05, 3.63) is 120 Å². The Bertz CT molecular complexity index is 1160. The summed E-state index contributed by atoms with van der Waals surface area (Å²) < 4.78 is 20.8. The third-order valence-electron chi connectivity index (χ3n) is 5.37. The zero-order valence-electron chi connectivity index (χ0n) is 17.5. The van der Waals surface area contributed by atoms with Gasteiger partial charge in [0.25, 0.3) is 5.91 Å². The minimum atomic E-state index is -3.35. The van der Waals surface area contributed by atoms with Crippen LogP contribution in [0.2, 0.25) is 0 Å². The Balaban J connectivity index is 1.91. The van der Waals surface area contributed by atoms with Gasteiger partial charge in [-0.15, -0.1) is 0 Å². The highest BCUT2D eigenvalue weighted by atomic mass is 31.2. The monoisotopic (exact) mass is 429 g/mol. The molecule has 1 amide bonds. The summed E-state index contributed by atoms with van der Waals surface area (Å²) in [5, 5.41) is 1.35. The van der Waals surface area contributed by atoms with Crippen LogP contribution in [0.5, 0.6) is 0 Å². The van der Waals surface area contributed by atoms with E-state index in [9.17, 15) is 4.79 Å². The van der Waals surface area contributed by atoms with E-state index in [0.717, 1.165) is 5.56 Å². The largest absolute Gasteiger partial charge is 0.467 e. The third-order valence-corrected chi connectivity index (χ3v) is 8.79. The topological polar surface area (TPSA) is 50.5 Å². The molecule has 0 saturated carbocycles. The van der Waals surface area contributed by atoms with Gasteiger partial charge in [0.1, 0.15) is 5.76 Å². The maximum absolute atomic E-state index is 15.0. The fourth-order valence-corrected chi connectivity index (χ4v) is 7.07. The van der Waals surface area contributed by atoms with Crippen LogP contribution in [0.1, 0.15) is 27.5 Å². The van der Waals surface area contributed by atoms with Gasteiger partial charge in [0.2, 0.25) is 0 Å². The molecular weight excluding hydrogens is 405 g/mol. The van der Waals surface area contributed by atoms with Crippen LogP contribution in [0.25, 0.3) is 0 Å². The van der Waals surface area contributed by atoms with E-state index in [1.165, 1.54) is 0 Å². The van der Waals surface area contributed by atoms with Crippen molar-refractivity contribution in [3.63, 3.8) is 0 Å². The van der Waals surface area contributed by atoms with Crippen LogP contribution in [0.15, 0.2) is 108 Å². The molecule has 156 valence electrons. The molecule has 0 N–H and O–H groups in total. The second-order valence-corrected chi connectivity index (χ2v) is 10.3. The fraction of sp³-hybridized carbons (Fsp3) is 0.115. The first kappa shape index (κ1) is 20.9. The number of rotatable bonds is 6. The van der Waals surface area contributed by atoms with Crippen molar-refractivity contribution in [2.75, 3.05) is 7.05 Å². The molecular formula is C26H24NO3P. The van der Waals surface area contributed by atoms with Crippen LogP contribution in [0, 0.1) is 6.92 Å². The highest BCUT2D eigenvalue weighted by molar-refractivity contribution is 7.79. The minimum Gasteiger partial charge on any atom is -0.467 e. The number of hydrogen-bond donors (Lipinski definition) is 0. The van der Waals surface area contributed by atoms with E-state index >= 15 is 4.57 Å². The summed E-state index contributed by atoms with van der Waals surface area (Å²) in [5.41, 5.74) is 1.54. The average molecular weight is 429 g/mol. The summed E-state index contributed by atoms with van der Waals surface area (Å²) in [6, 6.07) is 29.6. The lowest BCUT2D eigenvalue weighted by Gasteiger charge is -2.34. The second-order valence-electron chi connectivity index (χ2n) is 7.50. The minimum absolute atomic E-state index is 0.211. The van der Waals surface area contributed by atoms with Gasteiger partial charge in [0, 0.05) is 23.2 Å². The number of nitrogens with zero attached hydrogens (tertiary/aromatic N) is 1. The van der Waals surface area contributed by atoms with Gasteiger partial charge >= 0.3 is 0 Å². The summed E-state index contributed by atoms with van der Waals surface area (Å²) in [5.74, 6) is -0.517. The SMILES string of the molecule is Cc1cccc(C(=O)N(C)[C@H](c2ccco2)P(=O)(c2ccccc2)c2ccccc2)c1. The third kappa shape index (κ3) is 3.99. The van der Waals surface area contributed by atoms with Crippen LogP contribution >= 0.6 is 7.14 Å². The van der Waals surface area contributed by atoms with E-state index in [2.05, 4.69) is 0 Å². The molecule has 4 nitrogen and oxygen atoms in total. The number of carbonyl (C=O) groups excluding carboxylic acids is 1. The van der Waals surface area contributed by atoms with E-state index < -0.39 is 12.9 Å². The first-order chi connectivity index (χ1) is 15.0. The summed E-state index contributed by atoms with van der Waals surface area (Å²) in [6.07, 6.45) is 1.55. The van der Waals surface area contributed by atoms with Crippen molar-refractivity contribution in [2.24, 2.45) is 0 Å². The highest BCUT2D eigenvalue weighted by Crippen LogP contribution is 2.58. The molecule has 1 atom stereocenters. The van der Waals surface area contributed by atoms with Gasteiger partial charge in [-0.2, -0.15) is 0 Å². The lowest BCUT2D eigenvalue weighted by Crippen LogP contribution is -2.36. The first-order valence-corrected chi connectivity index (χ1v) is 11.9. The Morgan fingerprint density at radius 2 is 1.45 bits per heavy atom. The van der Waals surface area contributed by atoms with Crippen molar-refractivity contribution in [1.82, 2.24) is 4.90 Å². The van der Waals surface area contributed by atoms with Gasteiger partial charge < -0.3 is 13.9 Å². The van der Waals surface area contributed by atoms with Gasteiger partial charge in [0.15, 0.2) is 12.9 Å². The average Bonchev–Trinajstić information content (AvgIpc) is 3.34. The number of hydrogen-bond acceptors (Lipinski definition) is 3. The Labute approximate surface area is 182 Å². The van der Waals surface area contributed by atoms with Crippen LogP contribution in [0.4, 0.5) is 0 Å². The summed E-state index contributed by atoms with van der Waals surface area (Å²) >= 11 is 0. The molecule has 4 rings (SSSR count). The predicted octanol–water partition coefficient (Wildman–Crippen LogP) is 5.37. The number of benzene rings is 3. The maximum atomic E-state index is 15.0. The molecule has 1 heterocycles. The van der Waals surface area contributed by atoms with Crippen molar-refractivity contribution in [2.45, 2.75) is 12.7 Å². The molecule has 0 bridgehead atoms. The van der Waals surface area contributed by atoms with Crippen molar-refractivity contribution in [3.8, 4) is 0 Å². The van der Waals surface area contributed by atoms with Gasteiger partial charge in [0.05, 0.1) is 6.26 Å². The Hall–Kier alpha value is -3.36. The molecule has 31 heavy (non-hydrogen) atoms. The molecule has 0 aliphatic heterocycles. The molecule has 1 aromatic heterocycles. The van der Waals surface area contributed by atoms with Gasteiger partial charge in [-0.3, -0.25) is 4.79 Å². The lowest BCUT2D eigenvalue weighted by molar-refractivity contribution is 0.0764. The quantitative estimate of drug-likeness (QED) is 0.387. The normalized spacial score (nSPS) is 12.3. The summed E-state index contributed by atoms with van der Waals surface area (Å²) in [7, 11) is -1.66. The zero-order valence-corrected chi connectivity index (χ0v) is 18.4. The molecule has 0 spiro atoms. The molecule has 3 aromatic carbocycles. The van der Waals surface area contributed by atoms with E-state index in [1.54, 1.807) is 36.4 Å². The van der Waals surface area contributed by atoms with Crippen LogP contribution in [0.3, 0.4) is 0 Å². The van der Waals surface area contributed by atoms with Crippen molar-refractivity contribution in [1.29, 1.82) is 0 Å². The zero-order chi connectivity index (χ0) is 21.8. The van der Waals surface area contributed by atoms with Crippen LogP contribution in [-0.2, 0) is 4.57 Å². The maximum Gasteiger partial charge on any atom is 0.254 e. The molecule has 0 fully saturated rings. The predicted molar refractivity (Wildman–Crippen MR) is 124 cm³/mol. The molecule has 4 aromatic rings. The Kier molecular flexibility index (Phi) is 5.92. The molecule has 0 radical (unpaired) electrons. The second kappa shape index (κ2) is 8.79. The molecule has 0 aliphatic carbocycles. The molecule has 5 heteroatoms. The van der Waals surface area contributed by atoms with Crippen LogP contribution < -0.4 is 10.6 Å². The number of aryl methyl sites for hydroxylation is 1. The van der Waals surface area contributed by atoms with Gasteiger partial charge in [-0.25, -0.2) is 0 Å². The Morgan fingerprint density at radius 1 is 0.839 bits per heavy atom. The summed E-state index contributed by atoms with van der Waals surface area (Å²) in [4.78, 5) is 15.1. The molecule has 0 aliphatic rings. The number of furan rings is 1. The first-order valence-electron chi connectivity index (χ1n) is 10.1. The van der Waals surface area contributed by atoms with E-state index in [-0.39, 0.29) is 5.91 Å². The smallest absolute Gasteiger partial charge is 0.254 e. The van der Waals surface area contributed by atoms with E-state index in [1.807, 2.05) is 85.8 Å². The summed E-state index contributed by atoms with van der Waals surface area (Å²) in [6.45, 7) is 1.94. The highest BCUT2D eigenvalue weighted by Gasteiger charge is 2.43. The van der Waals surface area contributed by atoms with Crippen molar-refractivity contribution >= 4 is 23.7 Å². The van der Waals surface area contributed by atoms with Gasteiger partial charge in [-0.1, -0.05) is 78.4 Å².